The Morgan fingerprint density at radius 2 is 1.78 bits per heavy atom. The molecule has 1 amide bonds. The maximum absolute atomic E-state index is 14.1. The summed E-state index contributed by atoms with van der Waals surface area (Å²) in [5, 5.41) is 10.3. The minimum absolute atomic E-state index is 0.105. The summed E-state index contributed by atoms with van der Waals surface area (Å²) in [4.78, 5) is 28.4. The van der Waals surface area contributed by atoms with Crippen molar-refractivity contribution < 1.29 is 14.3 Å². The molecule has 190 valence electrons. The largest absolute Gasteiger partial charge is 0.505 e. The van der Waals surface area contributed by atoms with Crippen LogP contribution in [-0.2, 0) is 17.9 Å². The van der Waals surface area contributed by atoms with Gasteiger partial charge in [-0.05, 0) is 36.1 Å². The van der Waals surface area contributed by atoms with E-state index in [1.807, 2.05) is 29.2 Å². The number of phenolic OH excluding ortho intramolecular Hbond substituents is 1. The highest BCUT2D eigenvalue weighted by molar-refractivity contribution is 5.94. The Morgan fingerprint density at radius 1 is 1.00 bits per heavy atom. The van der Waals surface area contributed by atoms with Crippen molar-refractivity contribution in [1.29, 1.82) is 0 Å². The third-order valence-corrected chi connectivity index (χ3v) is 6.36. The standard InChI is InChI=1S/C28H34FN5O2/c1-21(2)18-26(35)34-15-7-14-33(28-30-12-6-13-31-28)17-16-32(19-22-8-3-4-11-25(22)34)20-23-9-5-10-24(29)27(23)36/h3-6,8-13,21,36H,7,14-20H2,1-2H3. The van der Waals surface area contributed by atoms with Crippen LogP contribution in [0.2, 0.25) is 0 Å². The number of carbonyl (C=O) groups is 1. The quantitative estimate of drug-likeness (QED) is 0.562. The number of phenols is 1. The fourth-order valence-corrected chi connectivity index (χ4v) is 4.58. The summed E-state index contributed by atoms with van der Waals surface area (Å²) < 4.78 is 14.1. The number of anilines is 2. The van der Waals surface area contributed by atoms with E-state index in [9.17, 15) is 14.3 Å². The van der Waals surface area contributed by atoms with E-state index in [4.69, 9.17) is 0 Å². The van der Waals surface area contributed by atoms with Crippen molar-refractivity contribution in [1.82, 2.24) is 14.9 Å². The molecule has 1 aromatic heterocycles. The number of amides is 1. The van der Waals surface area contributed by atoms with Crippen LogP contribution in [0.1, 0.15) is 37.8 Å². The Labute approximate surface area is 212 Å². The fraction of sp³-hybridized carbons (Fsp3) is 0.393. The molecule has 0 unspecified atom stereocenters. The Hall–Kier alpha value is -3.52. The van der Waals surface area contributed by atoms with E-state index in [1.165, 1.54) is 6.07 Å². The Bertz CT molecular complexity index is 1160. The first kappa shape index (κ1) is 25.6. The van der Waals surface area contributed by atoms with Gasteiger partial charge in [-0.2, -0.15) is 0 Å². The number of para-hydroxylation sites is 2. The predicted molar refractivity (Wildman–Crippen MR) is 139 cm³/mol. The molecule has 0 radical (unpaired) electrons. The summed E-state index contributed by atoms with van der Waals surface area (Å²) in [7, 11) is 0. The number of carbonyl (C=O) groups excluding carboxylic acids is 1. The zero-order valence-corrected chi connectivity index (χ0v) is 21.0. The van der Waals surface area contributed by atoms with E-state index >= 15 is 0 Å². The summed E-state index contributed by atoms with van der Waals surface area (Å²) in [5.41, 5.74) is 2.45. The Kier molecular flexibility index (Phi) is 8.48. The second kappa shape index (κ2) is 11.9. The highest BCUT2D eigenvalue weighted by Crippen LogP contribution is 2.28. The van der Waals surface area contributed by atoms with E-state index in [0.29, 0.717) is 57.2 Å². The molecule has 1 aliphatic heterocycles. The molecule has 0 aliphatic carbocycles. The van der Waals surface area contributed by atoms with Crippen LogP contribution < -0.4 is 9.80 Å². The average Bonchev–Trinajstić information content (AvgIpc) is 2.90. The molecule has 2 heterocycles. The van der Waals surface area contributed by atoms with Crippen LogP contribution in [0.4, 0.5) is 16.0 Å². The number of fused-ring (bicyclic) bond motifs is 1. The molecule has 0 bridgehead atoms. The maximum Gasteiger partial charge on any atom is 0.227 e. The lowest BCUT2D eigenvalue weighted by atomic mass is 10.1. The Morgan fingerprint density at radius 3 is 2.56 bits per heavy atom. The fourth-order valence-electron chi connectivity index (χ4n) is 4.58. The molecule has 0 saturated carbocycles. The number of halogens is 1. The molecule has 0 saturated heterocycles. The second-order valence-electron chi connectivity index (χ2n) is 9.62. The number of hydrogen-bond acceptors (Lipinski definition) is 6. The highest BCUT2D eigenvalue weighted by atomic mass is 19.1. The zero-order valence-electron chi connectivity index (χ0n) is 21.0. The maximum atomic E-state index is 14.1. The van der Waals surface area contributed by atoms with Gasteiger partial charge in [-0.15, -0.1) is 0 Å². The number of nitrogens with zero attached hydrogens (tertiary/aromatic N) is 5. The topological polar surface area (TPSA) is 72.8 Å². The summed E-state index contributed by atoms with van der Waals surface area (Å²) in [6, 6.07) is 14.4. The van der Waals surface area contributed by atoms with Crippen LogP contribution in [0.25, 0.3) is 0 Å². The summed E-state index contributed by atoms with van der Waals surface area (Å²) >= 11 is 0. The first-order valence-corrected chi connectivity index (χ1v) is 12.5. The number of aromatic nitrogens is 2. The molecule has 1 N–H and O–H groups in total. The summed E-state index contributed by atoms with van der Waals surface area (Å²) in [5.74, 6) is 0.0496. The van der Waals surface area contributed by atoms with Crippen molar-refractivity contribution in [3.05, 3.63) is 77.9 Å². The lowest BCUT2D eigenvalue weighted by Crippen LogP contribution is -2.37. The molecule has 0 fully saturated rings. The monoisotopic (exact) mass is 491 g/mol. The highest BCUT2D eigenvalue weighted by Gasteiger charge is 2.23. The van der Waals surface area contributed by atoms with Crippen molar-refractivity contribution in [2.24, 2.45) is 5.92 Å². The van der Waals surface area contributed by atoms with Crippen LogP contribution in [0.15, 0.2) is 60.9 Å². The van der Waals surface area contributed by atoms with E-state index in [0.717, 1.165) is 17.7 Å². The number of benzene rings is 2. The van der Waals surface area contributed by atoms with Gasteiger partial charge in [0.15, 0.2) is 11.6 Å². The molecule has 0 atom stereocenters. The first-order chi connectivity index (χ1) is 17.4. The molecule has 7 nitrogen and oxygen atoms in total. The van der Waals surface area contributed by atoms with E-state index in [2.05, 4.69) is 33.6 Å². The molecule has 36 heavy (non-hydrogen) atoms. The number of rotatable bonds is 5. The van der Waals surface area contributed by atoms with Crippen LogP contribution in [0.3, 0.4) is 0 Å². The molecular weight excluding hydrogens is 457 g/mol. The summed E-state index contributed by atoms with van der Waals surface area (Å²) in [6.45, 7) is 7.59. The van der Waals surface area contributed by atoms with E-state index < -0.39 is 5.82 Å². The minimum atomic E-state index is -0.629. The van der Waals surface area contributed by atoms with Gasteiger partial charge < -0.3 is 14.9 Å². The SMILES string of the molecule is CC(C)CC(=O)N1CCCN(c2ncccn2)CCN(Cc2cccc(F)c2O)Cc2ccccc21. The van der Waals surface area contributed by atoms with Gasteiger partial charge in [-0.3, -0.25) is 9.69 Å². The van der Waals surface area contributed by atoms with Crippen LogP contribution in [0.5, 0.6) is 5.75 Å². The van der Waals surface area contributed by atoms with Gasteiger partial charge in [0.2, 0.25) is 11.9 Å². The van der Waals surface area contributed by atoms with Gasteiger partial charge in [-0.25, -0.2) is 14.4 Å². The molecule has 2 aromatic carbocycles. The van der Waals surface area contributed by atoms with Crippen molar-refractivity contribution >= 4 is 17.5 Å². The van der Waals surface area contributed by atoms with Gasteiger partial charge in [0.05, 0.1) is 0 Å². The van der Waals surface area contributed by atoms with Crippen LogP contribution in [-0.4, -0.2) is 52.1 Å². The average molecular weight is 492 g/mol. The van der Waals surface area contributed by atoms with Crippen molar-refractivity contribution in [3.8, 4) is 5.75 Å². The smallest absolute Gasteiger partial charge is 0.227 e. The van der Waals surface area contributed by atoms with Crippen LogP contribution >= 0.6 is 0 Å². The molecule has 8 heteroatoms. The van der Waals surface area contributed by atoms with Gasteiger partial charge in [0.1, 0.15) is 0 Å². The van der Waals surface area contributed by atoms with Gasteiger partial charge >= 0.3 is 0 Å². The second-order valence-corrected chi connectivity index (χ2v) is 9.62. The predicted octanol–water partition coefficient (Wildman–Crippen LogP) is 4.61. The third kappa shape index (κ3) is 6.37. The lowest BCUT2D eigenvalue weighted by Gasteiger charge is -2.28. The van der Waals surface area contributed by atoms with Crippen molar-refractivity contribution in [2.75, 3.05) is 36.0 Å². The van der Waals surface area contributed by atoms with E-state index in [1.54, 1.807) is 30.6 Å². The van der Waals surface area contributed by atoms with Crippen molar-refractivity contribution in [2.45, 2.75) is 39.8 Å². The van der Waals surface area contributed by atoms with Gasteiger partial charge in [0.25, 0.3) is 0 Å². The normalized spacial score (nSPS) is 15.4. The molecular formula is C28H34FN5O2. The first-order valence-electron chi connectivity index (χ1n) is 12.5. The van der Waals surface area contributed by atoms with Crippen molar-refractivity contribution in [3.63, 3.8) is 0 Å². The molecule has 4 rings (SSSR count). The number of aromatic hydroxyl groups is 1. The zero-order chi connectivity index (χ0) is 25.5. The number of hydrogen-bond donors (Lipinski definition) is 1. The molecule has 0 spiro atoms. The lowest BCUT2D eigenvalue weighted by molar-refractivity contribution is -0.119. The van der Waals surface area contributed by atoms with Gasteiger partial charge in [0, 0.05) is 69.3 Å². The van der Waals surface area contributed by atoms with Crippen LogP contribution in [0, 0.1) is 11.7 Å². The third-order valence-electron chi connectivity index (χ3n) is 6.36. The summed E-state index contributed by atoms with van der Waals surface area (Å²) in [6.07, 6.45) is 4.69. The van der Waals surface area contributed by atoms with Gasteiger partial charge in [-0.1, -0.05) is 44.2 Å². The minimum Gasteiger partial charge on any atom is -0.505 e. The molecule has 1 aliphatic rings. The Balaban J connectivity index is 1.69. The van der Waals surface area contributed by atoms with E-state index in [-0.39, 0.29) is 17.6 Å². The molecule has 3 aromatic rings.